The van der Waals surface area contributed by atoms with Crippen LogP contribution in [-0.2, 0) is 25.7 Å². The van der Waals surface area contributed by atoms with Crippen molar-refractivity contribution < 1.29 is 50.1 Å². The lowest BCUT2D eigenvalue weighted by molar-refractivity contribution is -0.140. The number of sulfonamides is 1. The minimum absolute atomic E-state index is 0.0585. The number of halogens is 4. The first-order chi connectivity index (χ1) is 22.3. The number of anilines is 1. The van der Waals surface area contributed by atoms with Crippen molar-refractivity contribution in [2.75, 3.05) is 38.7 Å². The van der Waals surface area contributed by atoms with Crippen molar-refractivity contribution in [3.8, 4) is 5.75 Å². The van der Waals surface area contributed by atoms with Crippen LogP contribution in [0, 0.1) is 29.5 Å². The van der Waals surface area contributed by atoms with Gasteiger partial charge in [0.2, 0.25) is 15.9 Å². The Bertz CT molecular complexity index is 1700. The molecule has 4 aliphatic rings. The predicted octanol–water partition coefficient (Wildman–Crippen LogP) is 3.96. The second-order valence-corrected chi connectivity index (χ2v) is 14.3. The van der Waals surface area contributed by atoms with Gasteiger partial charge in [0.25, 0.3) is 5.91 Å². The highest BCUT2D eigenvalue weighted by Gasteiger charge is 2.55. The first-order valence-corrected chi connectivity index (χ1v) is 16.9. The molecule has 10 nitrogen and oxygen atoms in total. The van der Waals surface area contributed by atoms with Gasteiger partial charge < -0.3 is 25.2 Å². The number of amides is 2. The minimum Gasteiger partial charge on any atom is -0.496 e. The zero-order chi connectivity index (χ0) is 33.7. The van der Waals surface area contributed by atoms with E-state index in [1.54, 1.807) is 0 Å². The summed E-state index contributed by atoms with van der Waals surface area (Å²) < 4.78 is 93.0. The number of rotatable bonds is 9. The maximum Gasteiger partial charge on any atom is 0.419 e. The maximum absolute atomic E-state index is 13.9. The van der Waals surface area contributed by atoms with E-state index >= 15 is 0 Å². The molecule has 4 fully saturated rings. The number of aliphatic hydroxyl groups is 1. The number of methoxy groups -OCH3 is 1. The van der Waals surface area contributed by atoms with E-state index in [0.29, 0.717) is 30.9 Å². The Morgan fingerprint density at radius 2 is 1.85 bits per heavy atom. The molecule has 2 amide bonds. The molecule has 2 unspecified atom stereocenters. The van der Waals surface area contributed by atoms with Gasteiger partial charge in [-0.2, -0.15) is 17.5 Å². The van der Waals surface area contributed by atoms with Gasteiger partial charge >= 0.3 is 6.18 Å². The van der Waals surface area contributed by atoms with Crippen LogP contribution < -0.4 is 15.4 Å². The summed E-state index contributed by atoms with van der Waals surface area (Å²) in [5, 5.41) is 14.9. The van der Waals surface area contributed by atoms with Gasteiger partial charge in [0, 0.05) is 30.7 Å². The quantitative estimate of drug-likeness (QED) is 0.270. The number of fused-ring (bicyclic) bond motifs is 2. The number of aliphatic hydroxyl groups excluding tert-OH is 1. The first kappa shape index (κ1) is 33.4. The van der Waals surface area contributed by atoms with Gasteiger partial charge in [0.1, 0.15) is 11.6 Å². The van der Waals surface area contributed by atoms with Crippen molar-refractivity contribution in [2.45, 2.75) is 48.9 Å². The molecule has 3 aliphatic carbocycles. The monoisotopic (exact) mass is 681 g/mol. The fourth-order valence-electron chi connectivity index (χ4n) is 7.03. The Balaban J connectivity index is 1.29. The molecule has 2 aromatic carbocycles. The number of allylic oxidation sites excluding steroid dienone is 1. The molecule has 254 valence electrons. The number of nitrogens with one attached hydrogen (secondary N) is 2. The van der Waals surface area contributed by atoms with Crippen LogP contribution in [0.4, 0.5) is 23.2 Å². The summed E-state index contributed by atoms with van der Waals surface area (Å²) in [6.45, 7) is -0.276. The number of hydrogen-bond donors (Lipinski definition) is 3. The van der Waals surface area contributed by atoms with Crippen LogP contribution in [0.1, 0.15) is 41.6 Å². The van der Waals surface area contributed by atoms with E-state index in [4.69, 9.17) is 9.47 Å². The zero-order valence-electron chi connectivity index (χ0n) is 25.4. The van der Waals surface area contributed by atoms with Crippen LogP contribution in [0.15, 0.2) is 52.9 Å². The van der Waals surface area contributed by atoms with Crippen molar-refractivity contribution in [1.82, 2.24) is 9.62 Å². The molecule has 0 spiro atoms. The molecule has 0 radical (unpaired) electrons. The van der Waals surface area contributed by atoms with Crippen LogP contribution in [0.5, 0.6) is 5.75 Å². The third-order valence-corrected chi connectivity index (χ3v) is 11.3. The van der Waals surface area contributed by atoms with Crippen LogP contribution in [0.25, 0.3) is 0 Å². The summed E-state index contributed by atoms with van der Waals surface area (Å²) in [7, 11) is -2.76. The molecule has 6 rings (SSSR count). The topological polar surface area (TPSA) is 134 Å². The number of carbonyl (C=O) groups excluding carboxylic acids is 2. The van der Waals surface area contributed by atoms with Crippen LogP contribution in [0.3, 0.4) is 0 Å². The Morgan fingerprint density at radius 1 is 1.11 bits per heavy atom. The fraction of sp³-hybridized carbons (Fsp3) is 0.500. The van der Waals surface area contributed by atoms with Gasteiger partial charge in [-0.15, -0.1) is 0 Å². The van der Waals surface area contributed by atoms with Crippen LogP contribution >= 0.6 is 0 Å². The van der Waals surface area contributed by atoms with Gasteiger partial charge in [0.05, 0.1) is 48.4 Å². The fourth-order valence-corrected chi connectivity index (χ4v) is 8.51. The van der Waals surface area contributed by atoms with Crippen molar-refractivity contribution >= 4 is 27.5 Å². The number of nitrogens with zero attached hydrogens (tertiary/aromatic N) is 1. The Labute approximate surface area is 269 Å². The summed E-state index contributed by atoms with van der Waals surface area (Å²) in [5.74, 6) is -3.61. The number of benzene rings is 2. The summed E-state index contributed by atoms with van der Waals surface area (Å²) >= 11 is 0. The van der Waals surface area contributed by atoms with Crippen LogP contribution in [-0.4, -0.2) is 75.2 Å². The molecule has 3 N–H and O–H groups in total. The van der Waals surface area contributed by atoms with Crippen LogP contribution in [0.2, 0.25) is 0 Å². The smallest absolute Gasteiger partial charge is 0.419 e. The van der Waals surface area contributed by atoms with Gasteiger partial charge in [-0.3, -0.25) is 9.59 Å². The van der Waals surface area contributed by atoms with Crippen molar-refractivity contribution in [2.24, 2.45) is 23.7 Å². The van der Waals surface area contributed by atoms with E-state index < -0.39 is 57.5 Å². The SMILES string of the molecule is COc1ccc(S(=O)(=O)N2CCO[C@@H](CO)C2)cc1C(=O)N[C@@H]1C2CCC(/C2=C/C2CC2)[C@@H]1C(=O)Nc1ccc(F)c(C(F)(F)F)c1. The Hall–Kier alpha value is -3.53. The average Bonchev–Trinajstić information content (AvgIpc) is 3.73. The molecule has 3 saturated carbocycles. The van der Waals surface area contributed by atoms with E-state index in [9.17, 15) is 40.7 Å². The number of carbonyl (C=O) groups is 2. The zero-order valence-corrected chi connectivity index (χ0v) is 26.2. The second kappa shape index (κ2) is 12.8. The lowest BCUT2D eigenvalue weighted by Crippen LogP contribution is -2.48. The summed E-state index contributed by atoms with van der Waals surface area (Å²) in [5.41, 5.74) is -0.783. The predicted molar refractivity (Wildman–Crippen MR) is 160 cm³/mol. The Morgan fingerprint density at radius 3 is 2.53 bits per heavy atom. The Kier molecular flexibility index (Phi) is 9.11. The molecule has 5 atom stereocenters. The van der Waals surface area contributed by atoms with E-state index in [-0.39, 0.29) is 60.0 Å². The normalized spacial score (nSPS) is 27.2. The first-order valence-electron chi connectivity index (χ1n) is 15.4. The molecule has 1 saturated heterocycles. The molecule has 47 heavy (non-hydrogen) atoms. The molecule has 1 heterocycles. The molecule has 1 aliphatic heterocycles. The average molecular weight is 682 g/mol. The van der Waals surface area contributed by atoms with Gasteiger partial charge in [-0.1, -0.05) is 11.6 Å². The largest absolute Gasteiger partial charge is 0.496 e. The number of alkyl halides is 3. The minimum atomic E-state index is -4.96. The number of ether oxygens (including phenoxy) is 2. The van der Waals surface area contributed by atoms with E-state index in [1.807, 2.05) is 0 Å². The third kappa shape index (κ3) is 6.62. The highest BCUT2D eigenvalue weighted by atomic mass is 32.2. The lowest BCUT2D eigenvalue weighted by atomic mass is 9.83. The molecule has 2 bridgehead atoms. The summed E-state index contributed by atoms with van der Waals surface area (Å²) in [6.07, 6.45) is -0.159. The van der Waals surface area contributed by atoms with E-state index in [1.165, 1.54) is 29.6 Å². The molecule has 0 aromatic heterocycles. The lowest BCUT2D eigenvalue weighted by Gasteiger charge is -2.31. The van der Waals surface area contributed by atoms with Gasteiger partial charge in [0.15, 0.2) is 0 Å². The molecule has 15 heteroatoms. The summed E-state index contributed by atoms with van der Waals surface area (Å²) in [4.78, 5) is 27.5. The molecular weight excluding hydrogens is 646 g/mol. The van der Waals surface area contributed by atoms with Gasteiger partial charge in [-0.25, -0.2) is 12.8 Å². The van der Waals surface area contributed by atoms with Crippen molar-refractivity contribution in [3.63, 3.8) is 0 Å². The summed E-state index contributed by atoms with van der Waals surface area (Å²) in [6, 6.07) is 5.38. The highest BCUT2D eigenvalue weighted by molar-refractivity contribution is 7.89. The van der Waals surface area contributed by atoms with Crippen molar-refractivity contribution in [3.05, 3.63) is 65.0 Å². The molecule has 2 aromatic rings. The number of morpholine rings is 1. The standard InChI is InChI=1S/C32H35F4N3O7S/c1-45-27-9-5-20(47(43,44)39-10-11-46-19(15-39)16-40)14-24(27)30(41)38-29-22-7-6-21(23(22)12-17-2-3-17)28(29)31(42)37-18-4-8-26(33)25(13-18)32(34,35)36/h4-5,8-9,12-14,17,19,21-22,28-29,40H,2-3,6-7,10-11,15-16H2,1H3,(H,37,42)(H,38,41)/b23-12-/t19-,21?,22?,28+,29-/m1/s1. The third-order valence-electron chi connectivity index (χ3n) is 9.45. The number of hydrogen-bond acceptors (Lipinski definition) is 7. The van der Waals surface area contributed by atoms with E-state index in [2.05, 4.69) is 16.7 Å². The molecular formula is C32H35F4N3O7S. The maximum atomic E-state index is 13.9. The highest BCUT2D eigenvalue weighted by Crippen LogP contribution is 2.54. The van der Waals surface area contributed by atoms with Crippen molar-refractivity contribution in [1.29, 1.82) is 0 Å². The second-order valence-electron chi connectivity index (χ2n) is 12.4. The van der Waals surface area contributed by atoms with E-state index in [0.717, 1.165) is 24.5 Å². The van der Waals surface area contributed by atoms with Gasteiger partial charge in [-0.05, 0) is 73.9 Å².